The zero-order chi connectivity index (χ0) is 31.5. The number of pyridine rings is 2. The Labute approximate surface area is 272 Å². The van der Waals surface area contributed by atoms with Crippen molar-refractivity contribution in [3.63, 3.8) is 0 Å². The summed E-state index contributed by atoms with van der Waals surface area (Å²) in [7, 11) is 0. The predicted molar refractivity (Wildman–Crippen MR) is 190 cm³/mol. The topological polar surface area (TPSA) is 64.5 Å². The van der Waals surface area contributed by atoms with Crippen LogP contribution in [-0.2, 0) is 5.41 Å². The lowest BCUT2D eigenvalue weighted by molar-refractivity contribution is 0.662. The molecule has 0 amide bonds. The van der Waals surface area contributed by atoms with Gasteiger partial charge in [-0.25, -0.2) is 15.0 Å². The van der Waals surface area contributed by atoms with E-state index in [0.29, 0.717) is 17.5 Å². The largest absolute Gasteiger partial charge is 0.256 e. The van der Waals surface area contributed by atoms with Crippen LogP contribution in [0.5, 0.6) is 0 Å². The summed E-state index contributed by atoms with van der Waals surface area (Å²) < 4.78 is 0. The van der Waals surface area contributed by atoms with Gasteiger partial charge >= 0.3 is 0 Å². The number of hydrogen-bond donors (Lipinski definition) is 0. The second-order valence-electron chi connectivity index (χ2n) is 12.6. The van der Waals surface area contributed by atoms with Crippen LogP contribution in [0.25, 0.3) is 78.2 Å². The van der Waals surface area contributed by atoms with Crippen LogP contribution in [0.4, 0.5) is 0 Å². The van der Waals surface area contributed by atoms with Crippen molar-refractivity contribution in [2.24, 2.45) is 0 Å². The molecule has 0 unspecified atom stereocenters. The minimum atomic E-state index is -0.0933. The summed E-state index contributed by atoms with van der Waals surface area (Å²) in [6, 6.07) is 44.4. The number of nitrogens with zero attached hydrogens (tertiary/aromatic N) is 5. The molecule has 9 rings (SSSR count). The van der Waals surface area contributed by atoms with Crippen LogP contribution in [0.1, 0.15) is 25.0 Å². The minimum Gasteiger partial charge on any atom is -0.256 e. The molecule has 1 aliphatic carbocycles. The zero-order valence-electron chi connectivity index (χ0n) is 26.0. The molecule has 0 saturated heterocycles. The Bertz CT molecular complexity index is 2400. The second kappa shape index (κ2) is 10.5. The van der Waals surface area contributed by atoms with E-state index in [2.05, 4.69) is 115 Å². The van der Waals surface area contributed by atoms with Crippen molar-refractivity contribution in [3.05, 3.63) is 151 Å². The van der Waals surface area contributed by atoms with Crippen LogP contribution < -0.4 is 0 Å². The van der Waals surface area contributed by atoms with E-state index in [1.807, 2.05) is 48.8 Å². The molecule has 8 aromatic rings. The van der Waals surface area contributed by atoms with Crippen LogP contribution in [0.2, 0.25) is 0 Å². The van der Waals surface area contributed by atoms with Crippen molar-refractivity contribution < 1.29 is 0 Å². The van der Waals surface area contributed by atoms with E-state index in [0.717, 1.165) is 38.5 Å². The fourth-order valence-electron chi connectivity index (χ4n) is 7.08. The molecule has 0 saturated carbocycles. The van der Waals surface area contributed by atoms with Gasteiger partial charge in [-0.15, -0.1) is 0 Å². The van der Waals surface area contributed by atoms with Crippen LogP contribution in [0.15, 0.2) is 140 Å². The molecule has 0 fully saturated rings. The van der Waals surface area contributed by atoms with Gasteiger partial charge in [0.05, 0.1) is 11.0 Å². The zero-order valence-corrected chi connectivity index (χ0v) is 26.0. The Balaban J connectivity index is 1.17. The lowest BCUT2D eigenvalue weighted by Crippen LogP contribution is -2.16. The summed E-state index contributed by atoms with van der Waals surface area (Å²) in [5.41, 5.74) is 12.3. The first-order valence-corrected chi connectivity index (χ1v) is 15.8. The summed E-state index contributed by atoms with van der Waals surface area (Å²) in [5, 5.41) is 2.07. The first-order chi connectivity index (χ1) is 23.0. The molecule has 3 aromatic heterocycles. The van der Waals surface area contributed by atoms with E-state index in [-0.39, 0.29) is 5.41 Å². The van der Waals surface area contributed by atoms with Gasteiger partial charge in [0.2, 0.25) is 0 Å². The minimum absolute atomic E-state index is 0.0933. The van der Waals surface area contributed by atoms with Crippen molar-refractivity contribution in [2.75, 3.05) is 0 Å². The summed E-state index contributed by atoms with van der Waals surface area (Å²) >= 11 is 0. The van der Waals surface area contributed by atoms with Gasteiger partial charge in [-0.3, -0.25) is 9.97 Å². The molecule has 0 atom stereocenters. The molecule has 0 spiro atoms. The first kappa shape index (κ1) is 27.3. The summed E-state index contributed by atoms with van der Waals surface area (Å²) in [4.78, 5) is 24.0. The average molecular weight is 604 g/mol. The third-order valence-electron chi connectivity index (χ3n) is 9.39. The van der Waals surface area contributed by atoms with E-state index in [4.69, 9.17) is 15.0 Å². The molecule has 0 bridgehead atoms. The predicted octanol–water partition coefficient (Wildman–Crippen LogP) is 9.94. The Morgan fingerprint density at radius 3 is 1.57 bits per heavy atom. The molecule has 0 radical (unpaired) electrons. The molecule has 5 aromatic carbocycles. The standard InChI is InChI=1S/C42H29N5/c1-42(2)35-13-4-3-10-33(35)34-12-5-11-32(38(34)42)26-14-16-27(17-15-26)39-45-40(30-18-20-36-28(24-30)8-6-22-43-36)47-41(46-39)31-19-21-37-29(25-31)9-7-23-44-37/h3-25H,1-2H3. The molecular formula is C42H29N5. The van der Waals surface area contributed by atoms with Gasteiger partial charge in [0.1, 0.15) is 0 Å². The van der Waals surface area contributed by atoms with Crippen molar-refractivity contribution in [1.82, 2.24) is 24.9 Å². The second-order valence-corrected chi connectivity index (χ2v) is 12.6. The fourth-order valence-corrected chi connectivity index (χ4v) is 7.08. The van der Waals surface area contributed by atoms with Crippen molar-refractivity contribution in [1.29, 1.82) is 0 Å². The monoisotopic (exact) mass is 603 g/mol. The van der Waals surface area contributed by atoms with Gasteiger partial charge in [0.25, 0.3) is 0 Å². The first-order valence-electron chi connectivity index (χ1n) is 15.8. The van der Waals surface area contributed by atoms with E-state index in [1.165, 1.54) is 33.4 Å². The van der Waals surface area contributed by atoms with E-state index in [9.17, 15) is 0 Å². The number of hydrogen-bond acceptors (Lipinski definition) is 5. The molecule has 5 heteroatoms. The number of benzene rings is 5. The van der Waals surface area contributed by atoms with Gasteiger partial charge in [-0.1, -0.05) is 92.7 Å². The maximum Gasteiger partial charge on any atom is 0.164 e. The highest BCUT2D eigenvalue weighted by Crippen LogP contribution is 2.52. The van der Waals surface area contributed by atoms with Crippen molar-refractivity contribution in [2.45, 2.75) is 19.3 Å². The normalized spacial score (nSPS) is 13.1. The lowest BCUT2D eigenvalue weighted by Gasteiger charge is -2.24. The van der Waals surface area contributed by atoms with Crippen molar-refractivity contribution >= 4 is 21.8 Å². The highest BCUT2D eigenvalue weighted by molar-refractivity contribution is 5.89. The Hall–Kier alpha value is -6.07. The van der Waals surface area contributed by atoms with Gasteiger partial charge in [0.15, 0.2) is 17.5 Å². The number of fused-ring (bicyclic) bond motifs is 5. The summed E-state index contributed by atoms with van der Waals surface area (Å²) in [5.74, 6) is 1.86. The smallest absolute Gasteiger partial charge is 0.164 e. The highest BCUT2D eigenvalue weighted by Gasteiger charge is 2.37. The Morgan fingerprint density at radius 2 is 0.936 bits per heavy atom. The third-order valence-corrected chi connectivity index (χ3v) is 9.39. The third kappa shape index (κ3) is 4.50. The van der Waals surface area contributed by atoms with Crippen LogP contribution in [-0.4, -0.2) is 24.9 Å². The molecular weight excluding hydrogens is 574 g/mol. The molecule has 0 aliphatic heterocycles. The molecule has 5 nitrogen and oxygen atoms in total. The van der Waals surface area contributed by atoms with Crippen LogP contribution in [0, 0.1) is 0 Å². The van der Waals surface area contributed by atoms with Gasteiger partial charge in [-0.2, -0.15) is 0 Å². The van der Waals surface area contributed by atoms with Gasteiger partial charge < -0.3 is 0 Å². The SMILES string of the molecule is CC1(C)c2ccccc2-c2cccc(-c3ccc(-c4nc(-c5ccc6ncccc6c5)nc(-c5ccc6ncccc6c5)n4)cc3)c21. The maximum atomic E-state index is 5.02. The summed E-state index contributed by atoms with van der Waals surface area (Å²) in [6.45, 7) is 4.66. The van der Waals surface area contributed by atoms with Gasteiger partial charge in [0, 0.05) is 45.3 Å². The molecule has 3 heterocycles. The Morgan fingerprint density at radius 1 is 0.426 bits per heavy atom. The quantitative estimate of drug-likeness (QED) is 0.200. The van der Waals surface area contributed by atoms with E-state index < -0.39 is 0 Å². The van der Waals surface area contributed by atoms with Crippen LogP contribution in [0.3, 0.4) is 0 Å². The van der Waals surface area contributed by atoms with Crippen molar-refractivity contribution in [3.8, 4) is 56.4 Å². The van der Waals surface area contributed by atoms with E-state index >= 15 is 0 Å². The highest BCUT2D eigenvalue weighted by atomic mass is 15.0. The van der Waals surface area contributed by atoms with Crippen LogP contribution >= 0.6 is 0 Å². The summed E-state index contributed by atoms with van der Waals surface area (Å²) in [6.07, 6.45) is 3.62. The van der Waals surface area contributed by atoms with Gasteiger partial charge in [-0.05, 0) is 81.9 Å². The average Bonchev–Trinajstić information content (AvgIpc) is 3.37. The molecule has 47 heavy (non-hydrogen) atoms. The lowest BCUT2D eigenvalue weighted by atomic mass is 9.79. The number of rotatable bonds is 4. The number of aromatic nitrogens is 5. The van der Waals surface area contributed by atoms with E-state index in [1.54, 1.807) is 0 Å². The Kier molecular flexibility index (Phi) is 6.09. The molecule has 0 N–H and O–H groups in total. The fraction of sp³-hybridized carbons (Fsp3) is 0.0714. The molecule has 1 aliphatic rings. The maximum absolute atomic E-state index is 5.02. The molecule has 222 valence electrons.